The zero-order valence-electron chi connectivity index (χ0n) is 66.9. The molecule has 6 heterocycles. The minimum Gasteiger partial charge on any atom is -0.494 e. The molecule has 6 aromatic carbocycles. The Balaban J connectivity index is 0.000000189. The highest BCUT2D eigenvalue weighted by atomic mass is 35.5. The molecule has 0 aliphatic rings. The number of halogens is 5. The van der Waals surface area contributed by atoms with Gasteiger partial charge in [-0.15, -0.1) is 0 Å². The summed E-state index contributed by atoms with van der Waals surface area (Å²) in [6.45, 7) is 15.5. The lowest BCUT2D eigenvalue weighted by Gasteiger charge is -2.11. The van der Waals surface area contributed by atoms with E-state index in [1.54, 1.807) is 18.2 Å². The molecule has 28 nitrogen and oxygen atoms in total. The number of aryl methyl sites for hydroxylation is 10. The molecule has 6 aromatic heterocycles. The average molecular weight is 1760 g/mol. The summed E-state index contributed by atoms with van der Waals surface area (Å²) >= 11 is 18.7. The number of carbonyl (C=O) groups is 6. The maximum absolute atomic E-state index is 13.3. The third-order valence-corrected chi connectivity index (χ3v) is 24.8. The van der Waals surface area contributed by atoms with Gasteiger partial charge in [0, 0.05) is 98.0 Å². The number of fused-ring (bicyclic) bond motifs is 3. The van der Waals surface area contributed by atoms with Crippen LogP contribution in [0.4, 0.5) is 8.78 Å². The van der Waals surface area contributed by atoms with Crippen LogP contribution in [0, 0.1) is 67.2 Å². The standard InChI is InChI=1S/C30H35ClN4O5S.C28H27ClF2N4O5S.C26H27ClN4O6S/c1-18-15-22(16-19(2)27(18)31)40-13-8-10-24-23-9-6-7-11-26(23)33-28(24)30(37)34-41(38,39)14-12-32-29(36)25-17-20(3)35(5)21(25)4;1-16-12-19(13-17(2)25(16)29)40-10-5-7-21-20-6-3-4-8-22(20)34-26(21)28(37)35-41(38,39)11-9-32-27(36)23-14-18(30)15-24(31)33-23;1-16-12-18(13-17(2)23(16)27)36-10-5-7-20-19-6-3-4-8-21(19)30-24(20)26(33)31-38(34,35)11-9-29-25(32)22-14-28-15-37-22/h6-7,9,11,15-17,33H,8,10,12-14H2,1-5H3,(H,32,36)(H,34,37);3-4,6,8,12-15,34H,5,7,9-11H2,1-2H3,(H,32,36)(H,35,37);3-4,6,8,12-15,30H,5,7,9-11H2,1-2H3,(H,29,32)(H,31,33). The number of pyridine rings is 1. The molecule has 0 aliphatic carbocycles. The number of benzene rings is 6. The molecule has 0 spiro atoms. The van der Waals surface area contributed by atoms with Crippen LogP contribution in [-0.2, 0) is 56.4 Å². The molecule has 0 aliphatic heterocycles. The second-order valence-corrected chi connectivity index (χ2v) is 34.9. The Morgan fingerprint density at radius 1 is 0.458 bits per heavy atom. The van der Waals surface area contributed by atoms with Crippen molar-refractivity contribution >= 4 is 133 Å². The Bertz CT molecular complexity index is 6100. The van der Waals surface area contributed by atoms with Crippen LogP contribution in [0.3, 0.4) is 0 Å². The second kappa shape index (κ2) is 40.4. The maximum Gasteiger partial charge on any atom is 0.288 e. The third kappa shape index (κ3) is 24.1. The highest BCUT2D eigenvalue weighted by Crippen LogP contribution is 2.32. The monoisotopic (exact) mass is 1760 g/mol. The summed E-state index contributed by atoms with van der Waals surface area (Å²) < 4.78 is 133. The molecule has 0 fully saturated rings. The van der Waals surface area contributed by atoms with Gasteiger partial charge in [0.25, 0.3) is 35.4 Å². The van der Waals surface area contributed by atoms with Gasteiger partial charge in [0.15, 0.2) is 6.39 Å². The third-order valence-electron chi connectivity index (χ3n) is 19.3. The predicted molar refractivity (Wildman–Crippen MR) is 455 cm³/mol. The number of aromatic amines is 3. The first kappa shape index (κ1) is 90.7. The number of H-pyrrole nitrogens is 3. The lowest BCUT2D eigenvalue weighted by Crippen LogP contribution is -2.38. The van der Waals surface area contributed by atoms with Crippen molar-refractivity contribution in [3.8, 4) is 17.2 Å². The van der Waals surface area contributed by atoms with Crippen LogP contribution in [0.2, 0.25) is 15.1 Å². The molecule has 634 valence electrons. The Hall–Kier alpha value is -11.6. The summed E-state index contributed by atoms with van der Waals surface area (Å²) in [4.78, 5) is 91.8. The molecular weight excluding hydrogens is 1670 g/mol. The van der Waals surface area contributed by atoms with Crippen LogP contribution in [0.5, 0.6) is 17.2 Å². The van der Waals surface area contributed by atoms with E-state index < -0.39 is 101 Å². The number of ether oxygens (including phenoxy) is 3. The average Bonchev–Trinajstić information content (AvgIpc) is 1.65. The summed E-state index contributed by atoms with van der Waals surface area (Å²) in [5.41, 5.74) is 11.8. The first-order valence-corrected chi connectivity index (χ1v) is 43.9. The Labute approximate surface area is 706 Å². The van der Waals surface area contributed by atoms with Crippen molar-refractivity contribution in [2.45, 2.75) is 93.9 Å². The number of hydrogen-bond donors (Lipinski definition) is 9. The van der Waals surface area contributed by atoms with Crippen molar-refractivity contribution in [3.05, 3.63) is 262 Å². The highest BCUT2D eigenvalue weighted by molar-refractivity contribution is 7.90. The van der Waals surface area contributed by atoms with E-state index in [4.69, 9.17) is 53.4 Å². The molecule has 120 heavy (non-hydrogen) atoms. The van der Waals surface area contributed by atoms with Gasteiger partial charge in [-0.05, 0) is 205 Å². The van der Waals surface area contributed by atoms with E-state index in [0.29, 0.717) is 130 Å². The molecule has 0 bridgehead atoms. The molecular formula is C84H89Cl3F2N12O16S3. The first-order valence-electron chi connectivity index (χ1n) is 37.8. The number of rotatable bonds is 33. The number of hydrogen-bond acceptors (Lipinski definition) is 18. The van der Waals surface area contributed by atoms with E-state index >= 15 is 0 Å². The van der Waals surface area contributed by atoms with Gasteiger partial charge in [0.1, 0.15) is 45.8 Å². The highest BCUT2D eigenvalue weighted by Gasteiger charge is 2.28. The van der Waals surface area contributed by atoms with Crippen molar-refractivity contribution in [3.63, 3.8) is 0 Å². The van der Waals surface area contributed by atoms with Crippen molar-refractivity contribution in [1.82, 2.24) is 59.6 Å². The van der Waals surface area contributed by atoms with Gasteiger partial charge >= 0.3 is 0 Å². The number of amides is 6. The van der Waals surface area contributed by atoms with Crippen LogP contribution in [-0.4, -0.2) is 147 Å². The number of para-hydroxylation sites is 3. The Morgan fingerprint density at radius 3 is 1.12 bits per heavy atom. The van der Waals surface area contributed by atoms with Gasteiger partial charge in [-0.1, -0.05) is 89.4 Å². The predicted octanol–water partition coefficient (Wildman–Crippen LogP) is 13.4. The van der Waals surface area contributed by atoms with E-state index in [9.17, 15) is 62.8 Å². The van der Waals surface area contributed by atoms with Gasteiger partial charge in [-0.3, -0.25) is 28.8 Å². The van der Waals surface area contributed by atoms with Crippen molar-refractivity contribution < 1.29 is 81.4 Å². The fourth-order valence-corrected chi connectivity index (χ4v) is 16.0. The van der Waals surface area contributed by atoms with E-state index in [1.165, 1.54) is 6.20 Å². The van der Waals surface area contributed by atoms with Gasteiger partial charge in [0.2, 0.25) is 41.8 Å². The molecule has 12 aromatic rings. The van der Waals surface area contributed by atoms with Gasteiger partial charge in [0.05, 0.1) is 48.8 Å². The van der Waals surface area contributed by atoms with Crippen LogP contribution in [0.25, 0.3) is 32.7 Å². The fraction of sp³-hybridized carbons (Fsp3) is 0.286. The lowest BCUT2D eigenvalue weighted by molar-refractivity contribution is 0.0924. The minimum atomic E-state index is -4.19. The van der Waals surface area contributed by atoms with Crippen molar-refractivity contribution in [2.75, 3.05) is 56.7 Å². The quantitative estimate of drug-likeness (QED) is 0.0136. The molecule has 6 amide bonds. The number of aromatic nitrogens is 6. The van der Waals surface area contributed by atoms with Gasteiger partial charge in [-0.25, -0.2) is 53.8 Å². The molecule has 0 radical (unpaired) electrons. The molecule has 12 rings (SSSR count). The summed E-state index contributed by atoms with van der Waals surface area (Å²) in [6, 6.07) is 36.2. The number of carbonyl (C=O) groups excluding carboxylic acids is 6. The van der Waals surface area contributed by atoms with Crippen LogP contribution < -0.4 is 44.3 Å². The largest absolute Gasteiger partial charge is 0.494 e. The molecule has 9 N–H and O–H groups in total. The molecule has 0 atom stereocenters. The van der Waals surface area contributed by atoms with E-state index in [1.807, 2.05) is 169 Å². The summed E-state index contributed by atoms with van der Waals surface area (Å²) in [7, 11) is -10.4. The maximum atomic E-state index is 13.3. The number of nitrogens with one attached hydrogen (secondary N) is 9. The summed E-state index contributed by atoms with van der Waals surface area (Å²) in [5.74, 6) is -6.04. The molecule has 0 saturated heterocycles. The van der Waals surface area contributed by atoms with Crippen LogP contribution in [0.1, 0.15) is 144 Å². The van der Waals surface area contributed by atoms with Crippen LogP contribution in [0.15, 0.2) is 144 Å². The van der Waals surface area contributed by atoms with Crippen LogP contribution >= 0.6 is 34.8 Å². The normalized spacial score (nSPS) is 11.5. The smallest absolute Gasteiger partial charge is 0.288 e. The fourth-order valence-electron chi connectivity index (χ4n) is 13.1. The van der Waals surface area contributed by atoms with Gasteiger partial charge < -0.3 is 54.1 Å². The Kier molecular flexibility index (Phi) is 30.6. The van der Waals surface area contributed by atoms with Crippen molar-refractivity contribution in [2.24, 2.45) is 7.05 Å². The topological polar surface area (TPSA) is 396 Å². The number of oxazole rings is 1. The number of nitrogens with zero attached hydrogens (tertiary/aromatic N) is 3. The van der Waals surface area contributed by atoms with E-state index in [0.717, 1.165) is 78.6 Å². The minimum absolute atomic E-state index is 0.0422. The van der Waals surface area contributed by atoms with E-state index in [-0.39, 0.29) is 41.8 Å². The zero-order valence-corrected chi connectivity index (χ0v) is 71.6. The Morgan fingerprint density at radius 2 is 0.800 bits per heavy atom. The summed E-state index contributed by atoms with van der Waals surface area (Å²) in [6.07, 6.45) is 5.42. The van der Waals surface area contributed by atoms with E-state index in [2.05, 4.69) is 50.3 Å². The first-order chi connectivity index (χ1) is 56.9. The molecule has 36 heteroatoms. The molecule has 0 unspecified atom stereocenters. The number of sulfonamides is 3. The SMILES string of the molecule is Cc1cc(OCCCc2c(C(=O)NS(=O)(=O)CCNC(=O)c3cc(C)n(C)c3C)[nH]c3ccccc23)cc(C)c1Cl.Cc1cc(OCCCc2c(C(=O)NS(=O)(=O)CCNC(=O)c3cc(F)cc(F)n3)[nH]c3ccccc23)cc(C)c1Cl.Cc1cc(OCCCc2c(C(=O)NS(=O)(=O)CCNC(=O)c3cnco3)[nH]c3ccccc23)cc(C)c1Cl. The molecule has 0 saturated carbocycles. The summed E-state index contributed by atoms with van der Waals surface area (Å²) in [5, 5.41) is 11.8. The second-order valence-electron chi connectivity index (χ2n) is 28.3. The van der Waals surface area contributed by atoms with Crippen molar-refractivity contribution in [1.29, 1.82) is 0 Å². The lowest BCUT2D eigenvalue weighted by atomic mass is 10.1. The van der Waals surface area contributed by atoms with Gasteiger partial charge in [-0.2, -0.15) is 4.39 Å². The zero-order chi connectivity index (χ0) is 86.9.